The summed E-state index contributed by atoms with van der Waals surface area (Å²) in [5, 5.41) is 13.3. The number of rotatable bonds is 5. The van der Waals surface area contributed by atoms with Crippen LogP contribution in [0.4, 0.5) is 5.82 Å². The maximum atomic E-state index is 13.0. The molecule has 1 amide bonds. The number of fused-ring (bicyclic) bond motifs is 1. The molecule has 3 aromatic heterocycles. The van der Waals surface area contributed by atoms with Crippen molar-refractivity contribution in [3.05, 3.63) is 81.7 Å². The van der Waals surface area contributed by atoms with E-state index < -0.39 is 0 Å². The van der Waals surface area contributed by atoms with Crippen LogP contribution in [0.15, 0.2) is 55.0 Å². The first kappa shape index (κ1) is 20.7. The van der Waals surface area contributed by atoms with Gasteiger partial charge in [0.05, 0.1) is 31.0 Å². The van der Waals surface area contributed by atoms with Gasteiger partial charge >= 0.3 is 0 Å². The molecular weight excluding hydrogens is 437 g/mol. The zero-order chi connectivity index (χ0) is 22.0. The van der Waals surface area contributed by atoms with E-state index in [1.165, 1.54) is 13.3 Å². The quantitative estimate of drug-likeness (QED) is 0.464. The van der Waals surface area contributed by atoms with Crippen molar-refractivity contribution in [2.45, 2.75) is 6.54 Å². The van der Waals surface area contributed by atoms with E-state index in [1.807, 2.05) is 16.7 Å². The Kier molecular flexibility index (Phi) is 5.76. The van der Waals surface area contributed by atoms with Crippen LogP contribution in [-0.4, -0.2) is 27.6 Å². The molecule has 3 heterocycles. The number of methoxy groups -OCH3 is 1. The molecule has 4 aromatic rings. The molecule has 0 bridgehead atoms. The van der Waals surface area contributed by atoms with E-state index in [1.54, 1.807) is 42.7 Å². The summed E-state index contributed by atoms with van der Waals surface area (Å²) >= 11 is 12.3. The molecule has 154 valence electrons. The van der Waals surface area contributed by atoms with Crippen molar-refractivity contribution in [3.8, 4) is 11.8 Å². The number of nitrogens with one attached hydrogen (secondary N) is 1. The standard InChI is InChI=1S/C22H15Cl2N5O2/c1-31-16-7-17-18(22(30)28-20-5-2-13(8-25)9-26-20)12-29(21(17)27-10-16)11-14-3-4-15(23)6-19(14)24/h2-7,9-10,12H,11H2,1H3,(H,26,28,30). The number of nitriles is 1. The first-order chi connectivity index (χ1) is 15.0. The molecule has 9 heteroatoms. The lowest BCUT2D eigenvalue weighted by Crippen LogP contribution is -2.12. The third-order valence-electron chi connectivity index (χ3n) is 4.66. The van der Waals surface area contributed by atoms with Crippen LogP contribution in [0.1, 0.15) is 21.5 Å². The Bertz CT molecular complexity index is 1330. The van der Waals surface area contributed by atoms with Gasteiger partial charge in [-0.25, -0.2) is 9.97 Å². The first-order valence-electron chi connectivity index (χ1n) is 9.13. The Morgan fingerprint density at radius 3 is 2.71 bits per heavy atom. The number of amides is 1. The number of nitrogens with zero attached hydrogens (tertiary/aromatic N) is 4. The molecule has 0 saturated carbocycles. The third-order valence-corrected chi connectivity index (χ3v) is 5.25. The SMILES string of the molecule is COc1cnc2c(c1)c(C(=O)Nc1ccc(C#N)cn1)cn2Cc1ccc(Cl)cc1Cl. The summed E-state index contributed by atoms with van der Waals surface area (Å²) in [5.74, 6) is 0.500. The minimum Gasteiger partial charge on any atom is -0.495 e. The number of ether oxygens (including phenoxy) is 1. The average Bonchev–Trinajstić information content (AvgIpc) is 3.14. The average molecular weight is 452 g/mol. The molecular formula is C22H15Cl2N5O2. The molecule has 0 radical (unpaired) electrons. The molecule has 4 rings (SSSR count). The van der Waals surface area contributed by atoms with Crippen molar-refractivity contribution < 1.29 is 9.53 Å². The van der Waals surface area contributed by atoms with Crippen LogP contribution in [0.25, 0.3) is 11.0 Å². The van der Waals surface area contributed by atoms with Crippen molar-refractivity contribution in [2.24, 2.45) is 0 Å². The number of carbonyl (C=O) groups is 1. The smallest absolute Gasteiger partial charge is 0.259 e. The summed E-state index contributed by atoms with van der Waals surface area (Å²) in [4.78, 5) is 21.6. The van der Waals surface area contributed by atoms with Crippen LogP contribution in [0.3, 0.4) is 0 Å². The molecule has 1 aromatic carbocycles. The predicted molar refractivity (Wildman–Crippen MR) is 119 cm³/mol. The number of halogens is 2. The van der Waals surface area contributed by atoms with E-state index in [0.717, 1.165) is 5.56 Å². The van der Waals surface area contributed by atoms with Gasteiger partial charge in [0.15, 0.2) is 0 Å². The largest absolute Gasteiger partial charge is 0.495 e. The third kappa shape index (κ3) is 4.31. The summed E-state index contributed by atoms with van der Waals surface area (Å²) in [6, 6.07) is 12.2. The van der Waals surface area contributed by atoms with Crippen molar-refractivity contribution in [1.82, 2.24) is 14.5 Å². The summed E-state index contributed by atoms with van der Waals surface area (Å²) in [7, 11) is 1.54. The van der Waals surface area contributed by atoms with E-state index in [4.69, 9.17) is 33.2 Å². The van der Waals surface area contributed by atoms with Gasteiger partial charge in [-0.1, -0.05) is 29.3 Å². The van der Waals surface area contributed by atoms with Crippen LogP contribution in [0.2, 0.25) is 10.0 Å². The number of carbonyl (C=O) groups excluding carboxylic acids is 1. The maximum Gasteiger partial charge on any atom is 0.259 e. The molecule has 0 saturated heterocycles. The monoisotopic (exact) mass is 451 g/mol. The fourth-order valence-corrected chi connectivity index (χ4v) is 3.58. The summed E-state index contributed by atoms with van der Waals surface area (Å²) in [6.07, 6.45) is 4.69. The minimum absolute atomic E-state index is 0.335. The fourth-order valence-electron chi connectivity index (χ4n) is 3.12. The Balaban J connectivity index is 1.73. The molecule has 0 aliphatic carbocycles. The predicted octanol–water partition coefficient (Wildman–Crippen LogP) is 4.92. The van der Waals surface area contributed by atoms with Crippen molar-refractivity contribution in [3.63, 3.8) is 0 Å². The molecule has 0 aliphatic heterocycles. The summed E-state index contributed by atoms with van der Waals surface area (Å²) in [6.45, 7) is 0.397. The fraction of sp³-hybridized carbons (Fsp3) is 0.0909. The molecule has 1 N–H and O–H groups in total. The normalized spacial score (nSPS) is 10.6. The second kappa shape index (κ2) is 8.64. The Morgan fingerprint density at radius 1 is 1.19 bits per heavy atom. The Labute approximate surface area is 187 Å². The topological polar surface area (TPSA) is 92.8 Å². The Hall–Kier alpha value is -3.60. The van der Waals surface area contributed by atoms with E-state index in [-0.39, 0.29) is 5.91 Å². The lowest BCUT2D eigenvalue weighted by molar-refractivity contribution is 0.102. The number of benzene rings is 1. The van der Waals surface area contributed by atoms with Gasteiger partial charge in [-0.15, -0.1) is 0 Å². The number of hydrogen-bond donors (Lipinski definition) is 1. The van der Waals surface area contributed by atoms with Gasteiger partial charge in [-0.05, 0) is 35.9 Å². The van der Waals surface area contributed by atoms with Gasteiger partial charge in [0.2, 0.25) is 0 Å². The Morgan fingerprint density at radius 2 is 2.03 bits per heavy atom. The zero-order valence-corrected chi connectivity index (χ0v) is 17.8. The highest BCUT2D eigenvalue weighted by atomic mass is 35.5. The van der Waals surface area contributed by atoms with Gasteiger partial charge in [-0.3, -0.25) is 4.79 Å². The van der Waals surface area contributed by atoms with Crippen LogP contribution < -0.4 is 10.1 Å². The van der Waals surface area contributed by atoms with Crippen LogP contribution >= 0.6 is 23.2 Å². The first-order valence-corrected chi connectivity index (χ1v) is 9.88. The number of anilines is 1. The van der Waals surface area contributed by atoms with Gasteiger partial charge in [0.25, 0.3) is 5.91 Å². The number of hydrogen-bond acceptors (Lipinski definition) is 5. The summed E-state index contributed by atoms with van der Waals surface area (Å²) in [5.41, 5.74) is 2.24. The van der Waals surface area contributed by atoms with Gasteiger partial charge in [0.1, 0.15) is 23.3 Å². The maximum absolute atomic E-state index is 13.0. The lowest BCUT2D eigenvalue weighted by Gasteiger charge is -2.07. The van der Waals surface area contributed by atoms with E-state index in [9.17, 15) is 4.79 Å². The molecule has 31 heavy (non-hydrogen) atoms. The van der Waals surface area contributed by atoms with Crippen LogP contribution in [0, 0.1) is 11.3 Å². The highest BCUT2D eigenvalue weighted by Gasteiger charge is 2.18. The van der Waals surface area contributed by atoms with E-state index in [2.05, 4.69) is 15.3 Å². The second-order valence-corrected chi connectivity index (χ2v) is 7.49. The van der Waals surface area contributed by atoms with Crippen molar-refractivity contribution >= 4 is 46.0 Å². The van der Waals surface area contributed by atoms with Crippen molar-refractivity contribution in [1.29, 1.82) is 5.26 Å². The number of pyridine rings is 2. The molecule has 0 spiro atoms. The van der Waals surface area contributed by atoms with Gasteiger partial charge in [0, 0.05) is 27.8 Å². The zero-order valence-electron chi connectivity index (χ0n) is 16.3. The molecule has 7 nitrogen and oxygen atoms in total. The van der Waals surface area contributed by atoms with E-state index >= 15 is 0 Å². The highest BCUT2D eigenvalue weighted by molar-refractivity contribution is 6.35. The second-order valence-electron chi connectivity index (χ2n) is 6.65. The lowest BCUT2D eigenvalue weighted by atomic mass is 10.2. The minimum atomic E-state index is -0.363. The molecule has 0 atom stereocenters. The molecule has 0 fully saturated rings. The van der Waals surface area contributed by atoms with E-state index in [0.29, 0.717) is 50.3 Å². The summed E-state index contributed by atoms with van der Waals surface area (Å²) < 4.78 is 7.12. The van der Waals surface area contributed by atoms with Gasteiger partial charge in [-0.2, -0.15) is 5.26 Å². The van der Waals surface area contributed by atoms with Crippen molar-refractivity contribution in [2.75, 3.05) is 12.4 Å². The van der Waals surface area contributed by atoms with Crippen LogP contribution in [-0.2, 0) is 6.54 Å². The molecule has 0 aliphatic rings. The molecule has 0 unspecified atom stereocenters. The van der Waals surface area contributed by atoms with Crippen LogP contribution in [0.5, 0.6) is 5.75 Å². The highest BCUT2D eigenvalue weighted by Crippen LogP contribution is 2.28. The number of aromatic nitrogens is 3. The van der Waals surface area contributed by atoms with Gasteiger partial charge < -0.3 is 14.6 Å².